The van der Waals surface area contributed by atoms with Gasteiger partial charge in [0.2, 0.25) is 0 Å². The van der Waals surface area contributed by atoms with Crippen LogP contribution in [0.3, 0.4) is 0 Å². The molecule has 4 heteroatoms. The second-order valence-corrected chi connectivity index (χ2v) is 3.75. The van der Waals surface area contributed by atoms with Gasteiger partial charge in [0.05, 0.1) is 25.9 Å². The van der Waals surface area contributed by atoms with E-state index in [-0.39, 0.29) is 6.61 Å². The summed E-state index contributed by atoms with van der Waals surface area (Å²) in [4.78, 5) is 2.27. The molecule has 1 saturated heterocycles. The summed E-state index contributed by atoms with van der Waals surface area (Å²) in [5, 5.41) is 8.53. The van der Waals surface area contributed by atoms with Crippen LogP contribution in [0, 0.1) is 0 Å². The van der Waals surface area contributed by atoms with Gasteiger partial charge in [-0.05, 0) is 20.4 Å². The fourth-order valence-electron chi connectivity index (χ4n) is 1.84. The molecular weight excluding hydrogens is 182 g/mol. The molecule has 0 amide bonds. The van der Waals surface area contributed by atoms with Crippen LogP contribution in [-0.4, -0.2) is 62.2 Å². The first-order chi connectivity index (χ1) is 6.75. The molecule has 4 nitrogen and oxygen atoms in total. The summed E-state index contributed by atoms with van der Waals surface area (Å²) in [7, 11) is 2.10. The predicted octanol–water partition coefficient (Wildman–Crippen LogP) is 0.104. The van der Waals surface area contributed by atoms with Gasteiger partial charge in [0.1, 0.15) is 0 Å². The lowest BCUT2D eigenvalue weighted by molar-refractivity contribution is 0.0507. The lowest BCUT2D eigenvalue weighted by Gasteiger charge is -2.26. The summed E-state index contributed by atoms with van der Waals surface area (Å²) in [6.45, 7) is 5.10. The van der Waals surface area contributed by atoms with Gasteiger partial charge in [0.15, 0.2) is 0 Å². The zero-order valence-electron chi connectivity index (χ0n) is 9.11. The van der Waals surface area contributed by atoms with E-state index < -0.39 is 0 Å². The Hall–Kier alpha value is -0.160. The van der Waals surface area contributed by atoms with Gasteiger partial charge in [-0.25, -0.2) is 0 Å². The van der Waals surface area contributed by atoms with Crippen LogP contribution in [-0.2, 0) is 9.47 Å². The van der Waals surface area contributed by atoms with Gasteiger partial charge in [-0.1, -0.05) is 0 Å². The number of likely N-dealkylation sites (N-methyl/N-ethyl adjacent to an activating group) is 1. The van der Waals surface area contributed by atoms with Gasteiger partial charge in [-0.2, -0.15) is 0 Å². The molecule has 0 saturated carbocycles. The van der Waals surface area contributed by atoms with Gasteiger partial charge in [0, 0.05) is 19.2 Å². The Morgan fingerprint density at radius 1 is 1.50 bits per heavy atom. The van der Waals surface area contributed by atoms with Crippen molar-refractivity contribution in [1.82, 2.24) is 4.90 Å². The summed E-state index contributed by atoms with van der Waals surface area (Å²) < 4.78 is 10.7. The standard InChI is InChI=1S/C10H21NO3/c1-9-10(3-6-14-9)11(2)4-7-13-8-5-12/h9-10,12H,3-8H2,1-2H3. The minimum atomic E-state index is 0.104. The zero-order valence-corrected chi connectivity index (χ0v) is 9.11. The van der Waals surface area contributed by atoms with Gasteiger partial charge in [-0.3, -0.25) is 4.90 Å². The van der Waals surface area contributed by atoms with Crippen LogP contribution in [0.1, 0.15) is 13.3 Å². The van der Waals surface area contributed by atoms with Gasteiger partial charge < -0.3 is 14.6 Å². The highest BCUT2D eigenvalue weighted by Gasteiger charge is 2.27. The van der Waals surface area contributed by atoms with Crippen LogP contribution < -0.4 is 0 Å². The number of aliphatic hydroxyl groups is 1. The maximum atomic E-state index is 8.53. The Bertz CT molecular complexity index is 154. The monoisotopic (exact) mass is 203 g/mol. The third-order valence-electron chi connectivity index (χ3n) is 2.73. The summed E-state index contributed by atoms with van der Waals surface area (Å²) in [6.07, 6.45) is 1.44. The van der Waals surface area contributed by atoms with E-state index in [9.17, 15) is 0 Å². The average Bonchev–Trinajstić information content (AvgIpc) is 2.59. The summed E-state index contributed by atoms with van der Waals surface area (Å²) in [6, 6.07) is 0.521. The summed E-state index contributed by atoms with van der Waals surface area (Å²) in [5.41, 5.74) is 0. The minimum Gasteiger partial charge on any atom is -0.394 e. The van der Waals surface area contributed by atoms with Gasteiger partial charge >= 0.3 is 0 Å². The van der Waals surface area contributed by atoms with Crippen molar-refractivity contribution in [2.24, 2.45) is 0 Å². The van der Waals surface area contributed by atoms with Crippen LogP contribution in [0.5, 0.6) is 0 Å². The molecule has 1 N–H and O–H groups in total. The van der Waals surface area contributed by atoms with E-state index in [2.05, 4.69) is 18.9 Å². The van der Waals surface area contributed by atoms with Crippen molar-refractivity contribution in [3.8, 4) is 0 Å². The number of nitrogens with zero attached hydrogens (tertiary/aromatic N) is 1. The molecule has 1 fully saturated rings. The summed E-state index contributed by atoms with van der Waals surface area (Å²) in [5.74, 6) is 0. The van der Waals surface area contributed by atoms with Crippen LogP contribution in [0.4, 0.5) is 0 Å². The molecule has 0 aliphatic carbocycles. The number of hydrogen-bond acceptors (Lipinski definition) is 4. The lowest BCUT2D eigenvalue weighted by atomic mass is 10.1. The molecule has 0 radical (unpaired) electrons. The second-order valence-electron chi connectivity index (χ2n) is 3.75. The first kappa shape index (κ1) is 11.9. The molecule has 1 aliphatic rings. The van der Waals surface area contributed by atoms with Gasteiger partial charge in [-0.15, -0.1) is 0 Å². The van der Waals surface area contributed by atoms with Crippen LogP contribution in [0.15, 0.2) is 0 Å². The van der Waals surface area contributed by atoms with Crippen molar-refractivity contribution < 1.29 is 14.6 Å². The molecule has 14 heavy (non-hydrogen) atoms. The highest BCUT2D eigenvalue weighted by molar-refractivity contribution is 4.80. The van der Waals surface area contributed by atoms with E-state index in [1.807, 2.05) is 0 Å². The smallest absolute Gasteiger partial charge is 0.0702 e. The second kappa shape index (κ2) is 6.35. The predicted molar refractivity (Wildman–Crippen MR) is 54.4 cm³/mol. The third-order valence-corrected chi connectivity index (χ3v) is 2.73. The first-order valence-corrected chi connectivity index (χ1v) is 5.26. The molecule has 84 valence electrons. The fraction of sp³-hybridized carbons (Fsp3) is 1.00. The van der Waals surface area contributed by atoms with E-state index in [1.54, 1.807) is 0 Å². The van der Waals surface area contributed by atoms with Crippen LogP contribution in [0.2, 0.25) is 0 Å². The SMILES string of the molecule is CC1OCCC1N(C)CCOCCO. The molecular formula is C10H21NO3. The third kappa shape index (κ3) is 3.53. The molecule has 0 aromatic carbocycles. The Morgan fingerprint density at radius 2 is 2.29 bits per heavy atom. The fourth-order valence-corrected chi connectivity index (χ4v) is 1.84. The highest BCUT2D eigenvalue weighted by Crippen LogP contribution is 2.17. The Balaban J connectivity index is 2.11. The maximum absolute atomic E-state index is 8.53. The van der Waals surface area contributed by atoms with E-state index >= 15 is 0 Å². The Kier molecular flexibility index (Phi) is 5.40. The van der Waals surface area contributed by atoms with E-state index in [0.29, 0.717) is 25.4 Å². The van der Waals surface area contributed by atoms with Crippen molar-refractivity contribution in [1.29, 1.82) is 0 Å². The molecule has 0 bridgehead atoms. The molecule has 1 rings (SSSR count). The molecule has 0 spiro atoms. The van der Waals surface area contributed by atoms with Crippen molar-refractivity contribution in [2.75, 3.05) is 40.0 Å². The maximum Gasteiger partial charge on any atom is 0.0702 e. The average molecular weight is 203 g/mol. The highest BCUT2D eigenvalue weighted by atomic mass is 16.5. The molecule has 0 aromatic rings. The number of hydrogen-bond donors (Lipinski definition) is 1. The quantitative estimate of drug-likeness (QED) is 0.622. The Morgan fingerprint density at radius 3 is 2.86 bits per heavy atom. The van der Waals surface area contributed by atoms with E-state index in [0.717, 1.165) is 19.6 Å². The zero-order chi connectivity index (χ0) is 10.4. The Labute approximate surface area is 85.8 Å². The van der Waals surface area contributed by atoms with Crippen LogP contribution in [0.25, 0.3) is 0 Å². The number of rotatable bonds is 6. The molecule has 2 unspecified atom stereocenters. The van der Waals surface area contributed by atoms with Crippen molar-refractivity contribution in [2.45, 2.75) is 25.5 Å². The van der Waals surface area contributed by atoms with Crippen molar-refractivity contribution in [3.63, 3.8) is 0 Å². The van der Waals surface area contributed by atoms with Crippen molar-refractivity contribution in [3.05, 3.63) is 0 Å². The molecule has 0 aromatic heterocycles. The molecule has 2 atom stereocenters. The molecule has 1 aliphatic heterocycles. The van der Waals surface area contributed by atoms with Crippen molar-refractivity contribution >= 4 is 0 Å². The first-order valence-electron chi connectivity index (χ1n) is 5.26. The topological polar surface area (TPSA) is 41.9 Å². The number of aliphatic hydroxyl groups excluding tert-OH is 1. The van der Waals surface area contributed by atoms with Crippen LogP contribution >= 0.6 is 0 Å². The minimum absolute atomic E-state index is 0.104. The lowest BCUT2D eigenvalue weighted by Crippen LogP contribution is -2.38. The largest absolute Gasteiger partial charge is 0.394 e. The summed E-state index contributed by atoms with van der Waals surface area (Å²) >= 11 is 0. The van der Waals surface area contributed by atoms with Gasteiger partial charge in [0.25, 0.3) is 0 Å². The van der Waals surface area contributed by atoms with E-state index in [1.165, 1.54) is 0 Å². The normalized spacial score (nSPS) is 27.4. The number of ether oxygens (including phenoxy) is 2. The molecule has 1 heterocycles. The van der Waals surface area contributed by atoms with E-state index in [4.69, 9.17) is 14.6 Å².